The molecule has 1 amide bonds. The summed E-state index contributed by atoms with van der Waals surface area (Å²) in [6.07, 6.45) is 0. The SMILES string of the molecule is Cc1ccccc1-n1nnc(C(=O)Nc2nc(-c3ccccc3Cl)cs2)c1C. The Bertz CT molecular complexity index is 1170. The van der Waals surface area contributed by atoms with E-state index in [1.54, 1.807) is 4.68 Å². The Hall–Kier alpha value is -3.03. The van der Waals surface area contributed by atoms with E-state index in [9.17, 15) is 4.79 Å². The third kappa shape index (κ3) is 3.42. The number of amides is 1. The molecule has 1 N–H and O–H groups in total. The minimum Gasteiger partial charge on any atom is -0.296 e. The van der Waals surface area contributed by atoms with Crippen molar-refractivity contribution in [3.63, 3.8) is 0 Å². The molecule has 4 aromatic rings. The predicted molar refractivity (Wildman–Crippen MR) is 111 cm³/mol. The van der Waals surface area contributed by atoms with E-state index in [1.807, 2.05) is 67.8 Å². The second kappa shape index (κ2) is 7.53. The van der Waals surface area contributed by atoms with Crippen LogP contribution >= 0.6 is 22.9 Å². The molecule has 0 fully saturated rings. The maximum Gasteiger partial charge on any atom is 0.279 e. The zero-order chi connectivity index (χ0) is 19.7. The topological polar surface area (TPSA) is 72.7 Å². The fraction of sp³-hybridized carbons (Fsp3) is 0.100. The van der Waals surface area contributed by atoms with Gasteiger partial charge in [-0.2, -0.15) is 0 Å². The minimum absolute atomic E-state index is 0.262. The van der Waals surface area contributed by atoms with Crippen molar-refractivity contribution in [1.29, 1.82) is 0 Å². The largest absolute Gasteiger partial charge is 0.296 e. The highest BCUT2D eigenvalue weighted by atomic mass is 35.5. The summed E-state index contributed by atoms with van der Waals surface area (Å²) in [5, 5.41) is 14.0. The van der Waals surface area contributed by atoms with Crippen LogP contribution in [-0.2, 0) is 0 Å². The standard InChI is InChI=1S/C20H16ClN5OS/c1-12-7-3-6-10-17(12)26-13(2)18(24-25-26)19(27)23-20-22-16(11-28-20)14-8-4-5-9-15(14)21/h3-11H,1-2H3,(H,22,23,27). The highest BCUT2D eigenvalue weighted by molar-refractivity contribution is 7.14. The summed E-state index contributed by atoms with van der Waals surface area (Å²) in [5.74, 6) is -0.350. The number of carbonyl (C=O) groups excluding carboxylic acids is 1. The van der Waals surface area contributed by atoms with Gasteiger partial charge in [0.2, 0.25) is 0 Å². The number of rotatable bonds is 4. The molecule has 4 rings (SSSR count). The van der Waals surface area contributed by atoms with Crippen molar-refractivity contribution in [2.24, 2.45) is 0 Å². The lowest BCUT2D eigenvalue weighted by molar-refractivity contribution is 0.102. The molecule has 0 unspecified atom stereocenters. The molecular weight excluding hydrogens is 394 g/mol. The number of nitrogens with one attached hydrogen (secondary N) is 1. The number of nitrogens with zero attached hydrogens (tertiary/aromatic N) is 4. The number of aryl methyl sites for hydroxylation is 1. The first-order chi connectivity index (χ1) is 13.5. The fourth-order valence-electron chi connectivity index (χ4n) is 2.85. The van der Waals surface area contributed by atoms with Gasteiger partial charge < -0.3 is 0 Å². The van der Waals surface area contributed by atoms with Gasteiger partial charge in [-0.1, -0.05) is 53.2 Å². The summed E-state index contributed by atoms with van der Waals surface area (Å²) in [6, 6.07) is 15.3. The van der Waals surface area contributed by atoms with Crippen LogP contribution in [0.1, 0.15) is 21.7 Å². The van der Waals surface area contributed by atoms with Crippen molar-refractivity contribution in [1.82, 2.24) is 20.0 Å². The lowest BCUT2D eigenvalue weighted by Gasteiger charge is -2.06. The van der Waals surface area contributed by atoms with Crippen LogP contribution < -0.4 is 5.32 Å². The molecule has 0 spiro atoms. The third-order valence-electron chi connectivity index (χ3n) is 4.33. The van der Waals surface area contributed by atoms with Gasteiger partial charge in [0.25, 0.3) is 5.91 Å². The molecular formula is C20H16ClN5OS. The van der Waals surface area contributed by atoms with Crippen molar-refractivity contribution in [3.05, 3.63) is 75.9 Å². The first kappa shape index (κ1) is 18.3. The Morgan fingerprint density at radius 1 is 1.11 bits per heavy atom. The highest BCUT2D eigenvalue weighted by Crippen LogP contribution is 2.30. The first-order valence-corrected chi connectivity index (χ1v) is 9.80. The van der Waals surface area contributed by atoms with Gasteiger partial charge in [0.15, 0.2) is 10.8 Å². The van der Waals surface area contributed by atoms with Crippen molar-refractivity contribution in [2.75, 3.05) is 5.32 Å². The van der Waals surface area contributed by atoms with Crippen LogP contribution in [0.25, 0.3) is 16.9 Å². The minimum atomic E-state index is -0.350. The van der Waals surface area contributed by atoms with Gasteiger partial charge in [-0.25, -0.2) is 9.67 Å². The monoisotopic (exact) mass is 409 g/mol. The van der Waals surface area contributed by atoms with E-state index in [-0.39, 0.29) is 11.6 Å². The number of thiazole rings is 1. The lowest BCUT2D eigenvalue weighted by atomic mass is 10.2. The zero-order valence-corrected chi connectivity index (χ0v) is 16.8. The summed E-state index contributed by atoms with van der Waals surface area (Å²) in [6.45, 7) is 3.81. The number of anilines is 1. The van der Waals surface area contributed by atoms with Crippen LogP contribution in [0.4, 0.5) is 5.13 Å². The molecule has 0 saturated carbocycles. The smallest absolute Gasteiger partial charge is 0.279 e. The van der Waals surface area contributed by atoms with E-state index >= 15 is 0 Å². The molecule has 0 aliphatic heterocycles. The van der Waals surface area contributed by atoms with Gasteiger partial charge in [-0.15, -0.1) is 16.4 Å². The Kier molecular flexibility index (Phi) is 4.93. The summed E-state index contributed by atoms with van der Waals surface area (Å²) in [4.78, 5) is 17.2. The normalized spacial score (nSPS) is 10.8. The Morgan fingerprint density at radius 3 is 2.64 bits per heavy atom. The molecule has 0 aliphatic rings. The molecule has 0 aliphatic carbocycles. The van der Waals surface area contributed by atoms with E-state index in [2.05, 4.69) is 20.6 Å². The lowest BCUT2D eigenvalue weighted by Crippen LogP contribution is -2.14. The van der Waals surface area contributed by atoms with Crippen LogP contribution in [0.3, 0.4) is 0 Å². The molecule has 0 bridgehead atoms. The van der Waals surface area contributed by atoms with Crippen LogP contribution in [-0.4, -0.2) is 25.9 Å². The molecule has 0 radical (unpaired) electrons. The number of benzene rings is 2. The maximum atomic E-state index is 12.7. The van der Waals surface area contributed by atoms with Crippen molar-refractivity contribution in [2.45, 2.75) is 13.8 Å². The van der Waals surface area contributed by atoms with Gasteiger partial charge in [0, 0.05) is 16.0 Å². The molecule has 2 heterocycles. The number of carbonyl (C=O) groups is 1. The molecule has 140 valence electrons. The molecule has 2 aromatic carbocycles. The quantitative estimate of drug-likeness (QED) is 0.519. The molecule has 2 aromatic heterocycles. The van der Waals surface area contributed by atoms with Gasteiger partial charge in [0.05, 0.1) is 17.1 Å². The number of hydrogen-bond acceptors (Lipinski definition) is 5. The van der Waals surface area contributed by atoms with E-state index < -0.39 is 0 Å². The molecule has 0 atom stereocenters. The van der Waals surface area contributed by atoms with Crippen LogP contribution in [0.5, 0.6) is 0 Å². The number of aromatic nitrogens is 4. The molecule has 8 heteroatoms. The second-order valence-corrected chi connectivity index (χ2v) is 7.46. The number of para-hydroxylation sites is 1. The zero-order valence-electron chi connectivity index (χ0n) is 15.2. The van der Waals surface area contributed by atoms with Crippen LogP contribution in [0.15, 0.2) is 53.9 Å². The Morgan fingerprint density at radius 2 is 1.86 bits per heavy atom. The van der Waals surface area contributed by atoms with Crippen LogP contribution in [0, 0.1) is 13.8 Å². The summed E-state index contributed by atoms with van der Waals surface area (Å²) >= 11 is 7.55. The van der Waals surface area contributed by atoms with Gasteiger partial charge >= 0.3 is 0 Å². The first-order valence-electron chi connectivity index (χ1n) is 8.54. The highest BCUT2D eigenvalue weighted by Gasteiger charge is 2.19. The van der Waals surface area contributed by atoms with E-state index in [4.69, 9.17) is 11.6 Å². The van der Waals surface area contributed by atoms with Crippen molar-refractivity contribution in [3.8, 4) is 16.9 Å². The number of halogens is 1. The predicted octanol–water partition coefficient (Wildman–Crippen LogP) is 4.91. The number of hydrogen-bond donors (Lipinski definition) is 1. The fourth-order valence-corrected chi connectivity index (χ4v) is 3.79. The summed E-state index contributed by atoms with van der Waals surface area (Å²) < 4.78 is 1.67. The Labute approximate surface area is 170 Å². The summed E-state index contributed by atoms with van der Waals surface area (Å²) in [5.41, 5.74) is 4.40. The second-order valence-electron chi connectivity index (χ2n) is 6.19. The van der Waals surface area contributed by atoms with Gasteiger partial charge in [-0.05, 0) is 31.5 Å². The summed E-state index contributed by atoms with van der Waals surface area (Å²) in [7, 11) is 0. The maximum absolute atomic E-state index is 12.7. The van der Waals surface area contributed by atoms with Crippen molar-refractivity contribution >= 4 is 34.0 Å². The van der Waals surface area contributed by atoms with E-state index in [1.165, 1.54) is 11.3 Å². The molecule has 6 nitrogen and oxygen atoms in total. The Balaban J connectivity index is 1.57. The average Bonchev–Trinajstić information content (AvgIpc) is 3.29. The molecule has 0 saturated heterocycles. The average molecular weight is 410 g/mol. The molecule has 28 heavy (non-hydrogen) atoms. The van der Waals surface area contributed by atoms with E-state index in [0.29, 0.717) is 21.5 Å². The van der Waals surface area contributed by atoms with Crippen molar-refractivity contribution < 1.29 is 4.79 Å². The third-order valence-corrected chi connectivity index (χ3v) is 5.42. The van der Waals surface area contributed by atoms with Crippen LogP contribution in [0.2, 0.25) is 5.02 Å². The van der Waals surface area contributed by atoms with Gasteiger partial charge in [0.1, 0.15) is 0 Å². The van der Waals surface area contributed by atoms with Gasteiger partial charge in [-0.3, -0.25) is 10.1 Å². The van der Waals surface area contributed by atoms with E-state index in [0.717, 1.165) is 16.8 Å².